The number of hydrogen-bond acceptors (Lipinski definition) is 5. The third-order valence-electron chi connectivity index (χ3n) is 2.70. The Kier molecular flexibility index (Phi) is 4.65. The number of rotatable bonds is 6. The molecule has 2 aromatic rings. The van der Waals surface area contributed by atoms with Gasteiger partial charge in [-0.15, -0.1) is 0 Å². The maximum absolute atomic E-state index is 12.1. The molecule has 0 radical (unpaired) electrons. The van der Waals surface area contributed by atoms with Crippen molar-refractivity contribution in [2.24, 2.45) is 0 Å². The monoisotopic (exact) mass is 292 g/mol. The van der Waals surface area contributed by atoms with Crippen LogP contribution < -0.4 is 10.0 Å². The van der Waals surface area contributed by atoms with E-state index < -0.39 is 10.0 Å². The number of anilines is 1. The van der Waals surface area contributed by atoms with Gasteiger partial charge in [-0.3, -0.25) is 4.98 Å². The fourth-order valence-corrected chi connectivity index (χ4v) is 2.70. The number of aromatic nitrogens is 2. The summed E-state index contributed by atoms with van der Waals surface area (Å²) in [6, 6.07) is 8.51. The van der Waals surface area contributed by atoms with E-state index in [1.807, 2.05) is 18.2 Å². The van der Waals surface area contributed by atoms with Crippen LogP contribution in [-0.2, 0) is 16.4 Å². The van der Waals surface area contributed by atoms with Gasteiger partial charge in [-0.1, -0.05) is 6.07 Å². The van der Waals surface area contributed by atoms with E-state index in [1.165, 1.54) is 18.3 Å². The molecule has 0 aliphatic carbocycles. The van der Waals surface area contributed by atoms with Crippen molar-refractivity contribution < 1.29 is 8.42 Å². The topological polar surface area (TPSA) is 84.0 Å². The van der Waals surface area contributed by atoms with E-state index in [0.29, 0.717) is 18.8 Å². The molecule has 2 aromatic heterocycles. The van der Waals surface area contributed by atoms with E-state index in [0.717, 1.165) is 5.69 Å². The van der Waals surface area contributed by atoms with Crippen LogP contribution in [0.5, 0.6) is 0 Å². The van der Waals surface area contributed by atoms with Gasteiger partial charge in [-0.05, 0) is 18.2 Å². The Morgan fingerprint density at radius 1 is 1.15 bits per heavy atom. The highest BCUT2D eigenvalue weighted by atomic mass is 32.2. The minimum Gasteiger partial charge on any atom is -0.373 e. The molecule has 0 aliphatic heterocycles. The quantitative estimate of drug-likeness (QED) is 0.831. The largest absolute Gasteiger partial charge is 0.373 e. The minimum absolute atomic E-state index is 0.192. The zero-order valence-corrected chi connectivity index (χ0v) is 11.9. The second kappa shape index (κ2) is 6.44. The fraction of sp³-hybridized carbons (Fsp3) is 0.231. The number of sulfonamides is 1. The molecule has 0 aliphatic rings. The molecule has 0 atom stereocenters. The molecule has 0 saturated heterocycles. The van der Waals surface area contributed by atoms with E-state index in [2.05, 4.69) is 20.0 Å². The minimum atomic E-state index is -3.52. The lowest BCUT2D eigenvalue weighted by molar-refractivity contribution is 0.581. The summed E-state index contributed by atoms with van der Waals surface area (Å²) in [5.41, 5.74) is 0.848. The van der Waals surface area contributed by atoms with E-state index in [1.54, 1.807) is 13.2 Å². The van der Waals surface area contributed by atoms with Gasteiger partial charge in [0, 0.05) is 44.2 Å². The van der Waals surface area contributed by atoms with Crippen molar-refractivity contribution in [1.29, 1.82) is 0 Å². The Morgan fingerprint density at radius 3 is 2.70 bits per heavy atom. The second-order valence-electron chi connectivity index (χ2n) is 4.10. The van der Waals surface area contributed by atoms with Gasteiger partial charge in [-0.2, -0.15) is 0 Å². The molecule has 2 heterocycles. The molecule has 20 heavy (non-hydrogen) atoms. The summed E-state index contributed by atoms with van der Waals surface area (Å²) in [5.74, 6) is 0.512. The van der Waals surface area contributed by atoms with Gasteiger partial charge in [0.2, 0.25) is 10.0 Å². The highest BCUT2D eigenvalue weighted by Gasteiger charge is 2.14. The lowest BCUT2D eigenvalue weighted by atomic mass is 10.3. The summed E-state index contributed by atoms with van der Waals surface area (Å²) in [5, 5.41) is 2.81. The van der Waals surface area contributed by atoms with Gasteiger partial charge in [0.1, 0.15) is 5.82 Å². The second-order valence-corrected chi connectivity index (χ2v) is 5.86. The third kappa shape index (κ3) is 3.75. The molecular weight excluding hydrogens is 276 g/mol. The maximum Gasteiger partial charge on any atom is 0.240 e. The van der Waals surface area contributed by atoms with E-state index in [-0.39, 0.29) is 4.90 Å². The van der Waals surface area contributed by atoms with Crippen LogP contribution in [0.25, 0.3) is 0 Å². The Bertz CT molecular complexity index is 659. The Labute approximate surface area is 118 Å². The van der Waals surface area contributed by atoms with Crippen LogP contribution in [0.3, 0.4) is 0 Å². The van der Waals surface area contributed by atoms with E-state index in [4.69, 9.17) is 0 Å². The maximum atomic E-state index is 12.1. The van der Waals surface area contributed by atoms with Crippen molar-refractivity contribution >= 4 is 15.8 Å². The van der Waals surface area contributed by atoms with Crippen LogP contribution in [0, 0.1) is 0 Å². The van der Waals surface area contributed by atoms with Crippen LogP contribution in [0.15, 0.2) is 47.6 Å². The summed E-state index contributed by atoms with van der Waals surface area (Å²) < 4.78 is 26.8. The summed E-state index contributed by atoms with van der Waals surface area (Å²) in [6.45, 7) is 0.302. The lowest BCUT2D eigenvalue weighted by Gasteiger charge is -2.07. The molecule has 0 amide bonds. The molecule has 0 saturated carbocycles. The third-order valence-corrected chi connectivity index (χ3v) is 4.16. The summed E-state index contributed by atoms with van der Waals surface area (Å²) >= 11 is 0. The van der Waals surface area contributed by atoms with Gasteiger partial charge in [0.25, 0.3) is 0 Å². The Balaban J connectivity index is 2.00. The highest BCUT2D eigenvalue weighted by Crippen LogP contribution is 2.11. The number of pyridine rings is 2. The number of nitrogens with zero attached hydrogens (tertiary/aromatic N) is 2. The molecule has 6 nitrogen and oxygen atoms in total. The Hall–Kier alpha value is -1.99. The molecule has 2 rings (SSSR count). The predicted octanol–water partition coefficient (Wildman–Crippen LogP) is 1.04. The van der Waals surface area contributed by atoms with Crippen LogP contribution in [-0.4, -0.2) is 32.0 Å². The fourth-order valence-electron chi connectivity index (χ4n) is 1.66. The summed E-state index contributed by atoms with van der Waals surface area (Å²) in [4.78, 5) is 8.32. The first-order valence-electron chi connectivity index (χ1n) is 6.15. The van der Waals surface area contributed by atoms with Crippen molar-refractivity contribution in [1.82, 2.24) is 14.7 Å². The van der Waals surface area contributed by atoms with Crippen molar-refractivity contribution in [3.63, 3.8) is 0 Å². The van der Waals surface area contributed by atoms with Gasteiger partial charge in [0.05, 0.1) is 4.90 Å². The molecule has 0 fully saturated rings. The highest BCUT2D eigenvalue weighted by molar-refractivity contribution is 7.89. The standard InChI is InChI=1S/C13H16N4O2S/c1-14-13-10-12(6-8-16-13)20(18,19)17-9-5-11-4-2-3-7-15-11/h2-4,6-8,10,17H,5,9H2,1H3,(H,14,16). The Morgan fingerprint density at radius 2 is 2.00 bits per heavy atom. The smallest absolute Gasteiger partial charge is 0.240 e. The lowest BCUT2D eigenvalue weighted by Crippen LogP contribution is -2.26. The van der Waals surface area contributed by atoms with Gasteiger partial charge >= 0.3 is 0 Å². The first kappa shape index (κ1) is 14.4. The van der Waals surface area contributed by atoms with E-state index in [9.17, 15) is 8.42 Å². The van der Waals surface area contributed by atoms with E-state index >= 15 is 0 Å². The average Bonchev–Trinajstić information content (AvgIpc) is 2.48. The van der Waals surface area contributed by atoms with Crippen molar-refractivity contribution in [2.45, 2.75) is 11.3 Å². The zero-order valence-electron chi connectivity index (χ0n) is 11.1. The first-order valence-corrected chi connectivity index (χ1v) is 7.63. The van der Waals surface area contributed by atoms with Crippen molar-refractivity contribution in [2.75, 3.05) is 18.9 Å². The van der Waals surface area contributed by atoms with Crippen molar-refractivity contribution in [3.05, 3.63) is 48.4 Å². The molecule has 0 unspecified atom stereocenters. The summed E-state index contributed by atoms with van der Waals surface area (Å²) in [6.07, 6.45) is 3.69. The molecule has 0 spiro atoms. The zero-order chi connectivity index (χ0) is 14.4. The molecular formula is C13H16N4O2S. The predicted molar refractivity (Wildman–Crippen MR) is 76.9 cm³/mol. The average molecular weight is 292 g/mol. The van der Waals surface area contributed by atoms with Gasteiger partial charge < -0.3 is 5.32 Å². The first-order chi connectivity index (χ1) is 9.62. The molecule has 0 bridgehead atoms. The van der Waals surface area contributed by atoms with Crippen LogP contribution in [0.1, 0.15) is 5.69 Å². The SMILES string of the molecule is CNc1cc(S(=O)(=O)NCCc2ccccn2)ccn1. The number of nitrogens with one attached hydrogen (secondary N) is 2. The molecule has 7 heteroatoms. The molecule has 106 valence electrons. The van der Waals surface area contributed by atoms with Gasteiger partial charge in [-0.25, -0.2) is 18.1 Å². The summed E-state index contributed by atoms with van der Waals surface area (Å²) in [7, 11) is -1.83. The van der Waals surface area contributed by atoms with Gasteiger partial charge in [0.15, 0.2) is 0 Å². The molecule has 0 aromatic carbocycles. The van der Waals surface area contributed by atoms with Crippen LogP contribution >= 0.6 is 0 Å². The van der Waals surface area contributed by atoms with Crippen LogP contribution in [0.2, 0.25) is 0 Å². The van der Waals surface area contributed by atoms with Crippen molar-refractivity contribution in [3.8, 4) is 0 Å². The number of hydrogen-bond donors (Lipinski definition) is 2. The molecule has 2 N–H and O–H groups in total. The van der Waals surface area contributed by atoms with Crippen LogP contribution in [0.4, 0.5) is 5.82 Å². The normalized spacial score (nSPS) is 11.2.